The number of aryl methyl sites for hydroxylation is 1. The van der Waals surface area contributed by atoms with Crippen molar-refractivity contribution in [3.8, 4) is 0 Å². The number of ether oxygens (including phenoxy) is 1. The highest BCUT2D eigenvalue weighted by Gasteiger charge is 2.32. The van der Waals surface area contributed by atoms with Crippen LogP contribution in [0.4, 0.5) is 0 Å². The number of esters is 1. The number of benzene rings is 1. The SMILES string of the molecule is CCOC(=O)CN(C[P@@](N)(=O)OC)S(=O)(=O)c1ccc(C)cc1. The summed E-state index contributed by atoms with van der Waals surface area (Å²) in [5.41, 5.74) is 6.32. The molecule has 0 saturated carbocycles. The largest absolute Gasteiger partial charge is 0.465 e. The van der Waals surface area contributed by atoms with Gasteiger partial charge in [0.1, 0.15) is 12.8 Å². The van der Waals surface area contributed by atoms with Gasteiger partial charge in [-0.1, -0.05) is 17.7 Å². The molecule has 1 atom stereocenters. The Hall–Kier alpha value is -1.25. The van der Waals surface area contributed by atoms with Crippen molar-refractivity contribution in [1.82, 2.24) is 4.31 Å². The summed E-state index contributed by atoms with van der Waals surface area (Å²) in [6.07, 6.45) is -0.626. The quantitative estimate of drug-likeness (QED) is 0.546. The van der Waals surface area contributed by atoms with Crippen molar-refractivity contribution in [2.75, 3.05) is 26.5 Å². The first-order valence-electron chi connectivity index (χ1n) is 6.78. The molecule has 0 aromatic heterocycles. The molecule has 0 bridgehead atoms. The zero-order chi connectivity index (χ0) is 17.7. The van der Waals surface area contributed by atoms with Crippen LogP contribution in [0.15, 0.2) is 29.2 Å². The fraction of sp³-hybridized carbons (Fsp3) is 0.462. The summed E-state index contributed by atoms with van der Waals surface area (Å²) in [5.74, 6) is -0.765. The minimum absolute atomic E-state index is 0.0384. The maximum Gasteiger partial charge on any atom is 0.321 e. The third-order valence-electron chi connectivity index (χ3n) is 2.93. The topological polar surface area (TPSA) is 116 Å². The van der Waals surface area contributed by atoms with Crippen LogP contribution in [0.25, 0.3) is 0 Å². The normalized spacial score (nSPS) is 14.5. The minimum atomic E-state index is -4.07. The molecule has 0 amide bonds. The Labute approximate surface area is 136 Å². The average Bonchev–Trinajstić information content (AvgIpc) is 2.47. The van der Waals surface area contributed by atoms with E-state index in [2.05, 4.69) is 4.52 Å². The fourth-order valence-electron chi connectivity index (χ4n) is 1.70. The summed E-state index contributed by atoms with van der Waals surface area (Å²) in [6, 6.07) is 6.04. The van der Waals surface area contributed by atoms with E-state index in [-0.39, 0.29) is 11.5 Å². The van der Waals surface area contributed by atoms with E-state index in [1.54, 1.807) is 19.1 Å². The second-order valence-corrected chi connectivity index (χ2v) is 8.82. The molecule has 0 unspecified atom stereocenters. The van der Waals surface area contributed by atoms with Crippen molar-refractivity contribution in [3.05, 3.63) is 29.8 Å². The molecule has 0 aliphatic heterocycles. The maximum atomic E-state index is 12.7. The molecule has 2 N–H and O–H groups in total. The summed E-state index contributed by atoms with van der Waals surface area (Å²) in [4.78, 5) is 11.6. The highest BCUT2D eigenvalue weighted by Crippen LogP contribution is 2.38. The summed E-state index contributed by atoms with van der Waals surface area (Å²) in [5, 5.41) is 0. The molecule has 0 heterocycles. The van der Waals surface area contributed by atoms with Crippen LogP contribution in [0.1, 0.15) is 12.5 Å². The molecule has 1 aromatic carbocycles. The molecule has 1 aromatic rings. The van der Waals surface area contributed by atoms with Gasteiger partial charge in [0.2, 0.25) is 10.0 Å². The van der Waals surface area contributed by atoms with Crippen molar-refractivity contribution in [2.24, 2.45) is 5.50 Å². The van der Waals surface area contributed by atoms with E-state index in [0.717, 1.165) is 12.7 Å². The molecule has 8 nitrogen and oxygen atoms in total. The Morgan fingerprint density at radius 3 is 2.35 bits per heavy atom. The lowest BCUT2D eigenvalue weighted by Crippen LogP contribution is -2.38. The maximum absolute atomic E-state index is 12.7. The van der Waals surface area contributed by atoms with Crippen LogP contribution >= 0.6 is 7.52 Å². The van der Waals surface area contributed by atoms with Gasteiger partial charge in [0, 0.05) is 7.11 Å². The van der Waals surface area contributed by atoms with E-state index in [1.165, 1.54) is 12.1 Å². The first-order chi connectivity index (χ1) is 10.6. The van der Waals surface area contributed by atoms with Gasteiger partial charge in [-0.15, -0.1) is 0 Å². The van der Waals surface area contributed by atoms with Gasteiger partial charge >= 0.3 is 5.97 Å². The van der Waals surface area contributed by atoms with E-state index in [0.29, 0.717) is 4.31 Å². The van der Waals surface area contributed by atoms with E-state index in [1.807, 2.05) is 6.92 Å². The number of carbonyl (C=O) groups is 1. The van der Waals surface area contributed by atoms with E-state index < -0.39 is 36.3 Å². The highest BCUT2D eigenvalue weighted by atomic mass is 32.2. The average molecular weight is 364 g/mol. The molecule has 0 aliphatic rings. The van der Waals surface area contributed by atoms with Gasteiger partial charge in [-0.25, -0.2) is 8.42 Å². The van der Waals surface area contributed by atoms with Gasteiger partial charge in [0.05, 0.1) is 11.5 Å². The third kappa shape index (κ3) is 5.71. The Kier molecular flexibility index (Phi) is 6.91. The van der Waals surface area contributed by atoms with E-state index in [9.17, 15) is 17.8 Å². The highest BCUT2D eigenvalue weighted by molar-refractivity contribution is 7.89. The van der Waals surface area contributed by atoms with Crippen LogP contribution in [0, 0.1) is 6.92 Å². The lowest BCUT2D eigenvalue weighted by atomic mass is 10.2. The number of hydrogen-bond acceptors (Lipinski definition) is 6. The van der Waals surface area contributed by atoms with Gasteiger partial charge in [0.15, 0.2) is 0 Å². The predicted octanol–water partition coefficient (Wildman–Crippen LogP) is 1.30. The summed E-state index contributed by atoms with van der Waals surface area (Å²) in [6.45, 7) is 2.90. The Morgan fingerprint density at radius 2 is 1.87 bits per heavy atom. The molecule has 0 aliphatic carbocycles. The Morgan fingerprint density at radius 1 is 1.30 bits per heavy atom. The monoisotopic (exact) mass is 364 g/mol. The van der Waals surface area contributed by atoms with Crippen LogP contribution in [0.2, 0.25) is 0 Å². The molecule has 0 fully saturated rings. The van der Waals surface area contributed by atoms with Crippen molar-refractivity contribution in [1.29, 1.82) is 0 Å². The van der Waals surface area contributed by atoms with Crippen LogP contribution in [-0.2, 0) is 28.6 Å². The van der Waals surface area contributed by atoms with Crippen LogP contribution < -0.4 is 5.50 Å². The number of carbonyl (C=O) groups excluding carboxylic acids is 1. The summed E-state index contributed by atoms with van der Waals surface area (Å²) < 4.78 is 47.4. The Bertz CT molecular complexity index is 689. The second-order valence-electron chi connectivity index (χ2n) is 4.78. The van der Waals surface area contributed by atoms with Crippen molar-refractivity contribution >= 4 is 23.5 Å². The number of sulfonamides is 1. The lowest BCUT2D eigenvalue weighted by molar-refractivity contribution is -0.143. The number of nitrogens with zero attached hydrogens (tertiary/aromatic N) is 1. The van der Waals surface area contributed by atoms with Gasteiger partial charge < -0.3 is 9.26 Å². The number of hydrogen-bond donors (Lipinski definition) is 1. The Balaban J connectivity index is 3.17. The fourth-order valence-corrected chi connectivity index (χ4v) is 4.50. The smallest absolute Gasteiger partial charge is 0.321 e. The third-order valence-corrected chi connectivity index (χ3v) is 6.28. The first kappa shape index (κ1) is 19.8. The van der Waals surface area contributed by atoms with Crippen molar-refractivity contribution in [3.63, 3.8) is 0 Å². The predicted molar refractivity (Wildman–Crippen MR) is 85.4 cm³/mol. The summed E-state index contributed by atoms with van der Waals surface area (Å²) in [7, 11) is -6.65. The van der Waals surface area contributed by atoms with Gasteiger partial charge in [-0.3, -0.25) is 14.9 Å². The standard InChI is InChI=1S/C13H21N2O6PS/c1-4-21-13(16)9-15(10-22(14,17)20-3)23(18,19)12-7-5-11(2)6-8-12/h5-8H,4,9-10H2,1-3H3,(H2,14,17)/t22-/m1/s1. The molecule has 0 saturated heterocycles. The van der Waals surface area contributed by atoms with E-state index >= 15 is 0 Å². The van der Waals surface area contributed by atoms with Crippen molar-refractivity contribution < 1.29 is 27.0 Å². The second kappa shape index (κ2) is 8.03. The lowest BCUT2D eigenvalue weighted by Gasteiger charge is -2.23. The number of rotatable bonds is 8. The molecule has 1 rings (SSSR count). The number of nitrogens with two attached hydrogens (primary N) is 1. The summed E-state index contributed by atoms with van der Waals surface area (Å²) >= 11 is 0. The van der Waals surface area contributed by atoms with E-state index in [4.69, 9.17) is 10.2 Å². The van der Waals surface area contributed by atoms with Gasteiger partial charge in [-0.05, 0) is 26.0 Å². The molecule has 10 heteroatoms. The van der Waals surface area contributed by atoms with Crippen molar-refractivity contribution in [2.45, 2.75) is 18.7 Å². The van der Waals surface area contributed by atoms with Crippen LogP contribution in [0.5, 0.6) is 0 Å². The first-order valence-corrected chi connectivity index (χ1v) is 10.1. The molecule has 23 heavy (non-hydrogen) atoms. The van der Waals surface area contributed by atoms with Crippen LogP contribution in [-0.4, -0.2) is 45.2 Å². The molecular formula is C13H21N2O6PS. The van der Waals surface area contributed by atoms with Gasteiger partial charge in [-0.2, -0.15) is 4.31 Å². The van der Waals surface area contributed by atoms with Crippen LogP contribution in [0.3, 0.4) is 0 Å². The zero-order valence-corrected chi connectivity index (χ0v) is 15.0. The zero-order valence-electron chi connectivity index (χ0n) is 13.3. The molecule has 0 spiro atoms. The molecular weight excluding hydrogens is 343 g/mol. The molecule has 130 valence electrons. The van der Waals surface area contributed by atoms with Gasteiger partial charge in [0.25, 0.3) is 7.52 Å². The molecule has 0 radical (unpaired) electrons. The minimum Gasteiger partial charge on any atom is -0.465 e.